The van der Waals surface area contributed by atoms with E-state index in [-0.39, 0.29) is 30.0 Å². The molecule has 12 heteroatoms. The summed E-state index contributed by atoms with van der Waals surface area (Å²) in [6.45, 7) is 0.214. The van der Waals surface area contributed by atoms with E-state index in [1.165, 1.54) is 25.3 Å². The number of Topliss-reactive ketones (excluding diaryl/α,β-unsaturated/α-hetero) is 1. The Kier molecular flexibility index (Phi) is 8.12. The van der Waals surface area contributed by atoms with E-state index in [0.717, 1.165) is 39.7 Å². The SMILES string of the molecule is Cc1cnc(-c2ccc(OC(F)F)nc2)cc1CCC(=O)[C@@H]1C[C@@H](F)[C@H](C)N1S(=O)(=O)c1ccc(F)cc1. The van der Waals surface area contributed by atoms with Crippen molar-refractivity contribution in [2.45, 2.75) is 62.9 Å². The van der Waals surface area contributed by atoms with E-state index in [1.54, 1.807) is 19.2 Å². The largest absolute Gasteiger partial charge is 0.417 e. The van der Waals surface area contributed by atoms with Gasteiger partial charge in [0, 0.05) is 36.9 Å². The van der Waals surface area contributed by atoms with E-state index >= 15 is 0 Å². The summed E-state index contributed by atoms with van der Waals surface area (Å²) in [7, 11) is -4.25. The number of ketones is 1. The Bertz CT molecular complexity index is 1400. The quantitative estimate of drug-likeness (QED) is 0.352. The monoisotopic (exact) mass is 551 g/mol. The number of sulfonamides is 1. The Labute approximate surface area is 217 Å². The molecule has 0 saturated carbocycles. The molecule has 1 fully saturated rings. The second kappa shape index (κ2) is 11.2. The van der Waals surface area contributed by atoms with E-state index in [4.69, 9.17) is 0 Å². The molecule has 0 N–H and O–H groups in total. The molecule has 202 valence electrons. The van der Waals surface area contributed by atoms with E-state index < -0.39 is 46.5 Å². The van der Waals surface area contributed by atoms with E-state index in [1.807, 2.05) is 0 Å². The first kappa shape index (κ1) is 27.6. The summed E-state index contributed by atoms with van der Waals surface area (Å²) in [5.41, 5.74) is 2.58. The Morgan fingerprint density at radius 2 is 1.84 bits per heavy atom. The Hall–Kier alpha value is -3.38. The van der Waals surface area contributed by atoms with Gasteiger partial charge in [-0.25, -0.2) is 22.2 Å². The smallest absolute Gasteiger partial charge is 0.388 e. The summed E-state index contributed by atoms with van der Waals surface area (Å²) >= 11 is 0. The molecule has 1 aliphatic rings. The van der Waals surface area contributed by atoms with Crippen LogP contribution in [0.15, 0.2) is 59.8 Å². The Balaban J connectivity index is 1.51. The molecular formula is C26H25F4N3O4S. The maximum absolute atomic E-state index is 14.7. The number of pyridine rings is 2. The van der Waals surface area contributed by atoms with E-state index in [0.29, 0.717) is 11.3 Å². The Morgan fingerprint density at radius 3 is 2.47 bits per heavy atom. The normalized spacial score (nSPS) is 20.1. The standard InChI is InChI=1S/C26H25F4N3O4S/c1-15-13-31-22(18-4-10-25(32-14-18)37-26(29)30)11-17(15)3-9-24(34)23-12-21(28)16(2)33(23)38(35,36)20-7-5-19(27)6-8-20/h4-8,10-11,13-14,16,21,23,26H,3,9,12H2,1-2H3/t16-,21+,23-/m0/s1. The van der Waals surface area contributed by atoms with Gasteiger partial charge in [-0.1, -0.05) is 0 Å². The van der Waals surface area contributed by atoms with Crippen LogP contribution < -0.4 is 4.74 Å². The molecular weight excluding hydrogens is 526 g/mol. The number of alkyl halides is 3. The van der Waals surface area contributed by atoms with Gasteiger partial charge in [-0.05, 0) is 67.8 Å². The molecule has 0 unspecified atom stereocenters. The average Bonchev–Trinajstić information content (AvgIpc) is 3.18. The van der Waals surface area contributed by atoms with Gasteiger partial charge in [0.1, 0.15) is 12.0 Å². The highest BCUT2D eigenvalue weighted by Gasteiger charge is 2.48. The van der Waals surface area contributed by atoms with Gasteiger partial charge in [0.05, 0.1) is 22.7 Å². The second-order valence-corrected chi connectivity index (χ2v) is 10.9. The summed E-state index contributed by atoms with van der Waals surface area (Å²) in [6, 6.07) is 6.47. The third-order valence-electron chi connectivity index (χ3n) is 6.54. The molecule has 3 aromatic rings. The van der Waals surface area contributed by atoms with Crippen LogP contribution in [-0.4, -0.2) is 53.3 Å². The number of aromatic nitrogens is 2. The van der Waals surface area contributed by atoms with Crippen LogP contribution in [0.1, 0.15) is 30.9 Å². The number of nitrogens with zero attached hydrogens (tertiary/aromatic N) is 3. The fourth-order valence-electron chi connectivity index (χ4n) is 4.46. The first-order valence-electron chi connectivity index (χ1n) is 11.8. The van der Waals surface area contributed by atoms with Crippen molar-refractivity contribution < 1.29 is 35.5 Å². The lowest BCUT2D eigenvalue weighted by atomic mass is 9.99. The van der Waals surface area contributed by atoms with Gasteiger partial charge in [-0.2, -0.15) is 13.1 Å². The highest BCUT2D eigenvalue weighted by Crippen LogP contribution is 2.34. The number of rotatable bonds is 9. The maximum Gasteiger partial charge on any atom is 0.388 e. The zero-order valence-corrected chi connectivity index (χ0v) is 21.3. The third-order valence-corrected chi connectivity index (χ3v) is 8.55. The Morgan fingerprint density at radius 1 is 1.13 bits per heavy atom. The molecule has 3 atom stereocenters. The molecule has 0 spiro atoms. The average molecular weight is 552 g/mol. The molecule has 1 saturated heterocycles. The van der Waals surface area contributed by atoms with Crippen LogP contribution in [0.4, 0.5) is 17.6 Å². The summed E-state index contributed by atoms with van der Waals surface area (Å²) < 4.78 is 84.4. The minimum absolute atomic E-state index is 0.0523. The van der Waals surface area contributed by atoms with Crippen molar-refractivity contribution in [2.75, 3.05) is 0 Å². The molecule has 3 heterocycles. The summed E-state index contributed by atoms with van der Waals surface area (Å²) in [5, 5.41) is 0. The lowest BCUT2D eigenvalue weighted by Gasteiger charge is -2.26. The van der Waals surface area contributed by atoms with Crippen molar-refractivity contribution in [3.63, 3.8) is 0 Å². The molecule has 1 aromatic carbocycles. The third kappa shape index (κ3) is 5.86. The van der Waals surface area contributed by atoms with Crippen molar-refractivity contribution >= 4 is 15.8 Å². The zero-order chi connectivity index (χ0) is 27.6. The van der Waals surface area contributed by atoms with Gasteiger partial charge in [-0.3, -0.25) is 9.78 Å². The van der Waals surface area contributed by atoms with E-state index in [9.17, 15) is 30.8 Å². The van der Waals surface area contributed by atoms with Crippen LogP contribution >= 0.6 is 0 Å². The van der Waals surface area contributed by atoms with Gasteiger partial charge in [0.2, 0.25) is 15.9 Å². The van der Waals surface area contributed by atoms with Crippen molar-refractivity contribution in [3.05, 3.63) is 71.8 Å². The number of hydrogen-bond acceptors (Lipinski definition) is 6. The molecule has 4 rings (SSSR count). The van der Waals surface area contributed by atoms with Crippen LogP contribution in [-0.2, 0) is 21.2 Å². The predicted octanol–water partition coefficient (Wildman–Crippen LogP) is 4.88. The van der Waals surface area contributed by atoms with Gasteiger partial charge in [-0.15, -0.1) is 0 Å². The van der Waals surface area contributed by atoms with Crippen LogP contribution in [0.2, 0.25) is 0 Å². The topological polar surface area (TPSA) is 89.5 Å². The van der Waals surface area contributed by atoms with E-state index in [2.05, 4.69) is 14.7 Å². The van der Waals surface area contributed by atoms with Crippen LogP contribution in [0.3, 0.4) is 0 Å². The number of aryl methyl sites for hydroxylation is 2. The highest BCUT2D eigenvalue weighted by atomic mass is 32.2. The molecule has 1 aliphatic heterocycles. The van der Waals surface area contributed by atoms with Crippen molar-refractivity contribution in [1.82, 2.24) is 14.3 Å². The fourth-order valence-corrected chi connectivity index (χ4v) is 6.29. The molecule has 2 aromatic heterocycles. The minimum Gasteiger partial charge on any atom is -0.417 e. The van der Waals surface area contributed by atoms with Gasteiger partial charge >= 0.3 is 6.61 Å². The second-order valence-electron chi connectivity index (χ2n) is 9.02. The molecule has 0 bridgehead atoms. The zero-order valence-electron chi connectivity index (χ0n) is 20.5. The first-order chi connectivity index (χ1) is 18.0. The molecule has 7 nitrogen and oxygen atoms in total. The molecule has 0 aliphatic carbocycles. The minimum atomic E-state index is -4.25. The number of ether oxygens (including phenoxy) is 1. The van der Waals surface area contributed by atoms with Crippen molar-refractivity contribution in [2.24, 2.45) is 0 Å². The van der Waals surface area contributed by atoms with Crippen molar-refractivity contribution in [3.8, 4) is 17.1 Å². The predicted molar refractivity (Wildman–Crippen MR) is 130 cm³/mol. The number of carbonyl (C=O) groups excluding carboxylic acids is 1. The lowest BCUT2D eigenvalue weighted by molar-refractivity contribution is -0.122. The van der Waals surface area contributed by atoms with Crippen LogP contribution in [0, 0.1) is 12.7 Å². The number of halogens is 4. The van der Waals surface area contributed by atoms with Gasteiger partial charge < -0.3 is 4.74 Å². The van der Waals surface area contributed by atoms with Crippen LogP contribution in [0.5, 0.6) is 5.88 Å². The number of benzene rings is 1. The van der Waals surface area contributed by atoms with Gasteiger partial charge in [0.15, 0.2) is 5.78 Å². The van der Waals surface area contributed by atoms with Gasteiger partial charge in [0.25, 0.3) is 0 Å². The summed E-state index contributed by atoms with van der Waals surface area (Å²) in [4.78, 5) is 21.2. The summed E-state index contributed by atoms with van der Waals surface area (Å²) in [5.74, 6) is -1.29. The number of carbonyl (C=O) groups is 1. The summed E-state index contributed by atoms with van der Waals surface area (Å²) in [6.07, 6.45) is 1.33. The number of hydrogen-bond donors (Lipinski definition) is 0. The lowest BCUT2D eigenvalue weighted by Crippen LogP contribution is -2.44. The molecule has 38 heavy (non-hydrogen) atoms. The fraction of sp³-hybridized carbons (Fsp3) is 0.346. The van der Waals surface area contributed by atoms with Crippen molar-refractivity contribution in [1.29, 1.82) is 0 Å². The first-order valence-corrected chi connectivity index (χ1v) is 13.2. The highest BCUT2D eigenvalue weighted by molar-refractivity contribution is 7.89. The molecule has 0 radical (unpaired) electrons. The molecule has 0 amide bonds. The van der Waals surface area contributed by atoms with Crippen LogP contribution in [0.25, 0.3) is 11.3 Å². The maximum atomic E-state index is 14.7.